The molecule has 0 unspecified atom stereocenters. The van der Waals surface area contributed by atoms with E-state index in [1.807, 2.05) is 7.05 Å². The number of carbonyl (C=O) groups is 1. The quantitative estimate of drug-likeness (QED) is 0.704. The van der Waals surface area contributed by atoms with Crippen LogP contribution in [0.15, 0.2) is 0 Å². The van der Waals surface area contributed by atoms with Crippen LogP contribution in [0.4, 0.5) is 0 Å². The van der Waals surface area contributed by atoms with Gasteiger partial charge in [-0.25, -0.2) is 0 Å². The number of amides is 1. The van der Waals surface area contributed by atoms with Gasteiger partial charge in [0.05, 0.1) is 11.5 Å². The Hall–Kier alpha value is -0.720. The SMILES string of the molecule is CN(CCC(N)=S)C(=O)CN1CCC(N(C)C)CC1. The Morgan fingerprint density at radius 1 is 1.32 bits per heavy atom. The lowest BCUT2D eigenvalue weighted by Gasteiger charge is -2.35. The van der Waals surface area contributed by atoms with Crippen LogP contribution in [0.2, 0.25) is 0 Å². The van der Waals surface area contributed by atoms with Gasteiger partial charge < -0.3 is 15.5 Å². The van der Waals surface area contributed by atoms with Gasteiger partial charge in [0.15, 0.2) is 0 Å². The third kappa shape index (κ3) is 5.84. The van der Waals surface area contributed by atoms with E-state index >= 15 is 0 Å². The fraction of sp³-hybridized carbons (Fsp3) is 0.846. The van der Waals surface area contributed by atoms with Crippen LogP contribution >= 0.6 is 12.2 Å². The minimum Gasteiger partial charge on any atom is -0.393 e. The predicted octanol–water partition coefficient (Wildman–Crippen LogP) is 0.147. The van der Waals surface area contributed by atoms with Crippen LogP contribution in [-0.2, 0) is 4.79 Å². The number of hydrogen-bond donors (Lipinski definition) is 1. The van der Waals surface area contributed by atoms with Crippen molar-refractivity contribution in [1.29, 1.82) is 0 Å². The second kappa shape index (κ2) is 7.77. The van der Waals surface area contributed by atoms with E-state index in [1.54, 1.807) is 4.90 Å². The van der Waals surface area contributed by atoms with Crippen molar-refractivity contribution in [3.8, 4) is 0 Å². The molecule has 6 heteroatoms. The van der Waals surface area contributed by atoms with Crippen LogP contribution in [0.3, 0.4) is 0 Å². The number of nitrogens with two attached hydrogens (primary N) is 1. The van der Waals surface area contributed by atoms with Gasteiger partial charge in [-0.15, -0.1) is 0 Å². The number of hydrogen-bond acceptors (Lipinski definition) is 4. The van der Waals surface area contributed by atoms with Crippen molar-refractivity contribution in [3.05, 3.63) is 0 Å². The van der Waals surface area contributed by atoms with Gasteiger partial charge in [-0.1, -0.05) is 12.2 Å². The highest BCUT2D eigenvalue weighted by atomic mass is 32.1. The molecule has 1 aliphatic heterocycles. The second-order valence-electron chi connectivity index (χ2n) is 5.50. The van der Waals surface area contributed by atoms with E-state index in [4.69, 9.17) is 18.0 Å². The lowest BCUT2D eigenvalue weighted by atomic mass is 10.0. The Labute approximate surface area is 121 Å². The van der Waals surface area contributed by atoms with Gasteiger partial charge in [-0.05, 0) is 26.9 Å². The molecule has 2 N–H and O–H groups in total. The average Bonchev–Trinajstić information content (AvgIpc) is 2.36. The first-order valence-corrected chi connectivity index (χ1v) is 7.22. The third-order valence-electron chi connectivity index (χ3n) is 3.77. The zero-order valence-electron chi connectivity index (χ0n) is 12.3. The smallest absolute Gasteiger partial charge is 0.236 e. The summed E-state index contributed by atoms with van der Waals surface area (Å²) in [6.45, 7) is 3.12. The molecule has 1 heterocycles. The molecule has 1 saturated heterocycles. The van der Waals surface area contributed by atoms with Crippen LogP contribution in [0.5, 0.6) is 0 Å². The molecule has 0 aromatic heterocycles. The van der Waals surface area contributed by atoms with Crippen LogP contribution < -0.4 is 5.73 Å². The number of nitrogens with zero attached hydrogens (tertiary/aromatic N) is 3. The molecule has 0 aromatic carbocycles. The first-order chi connectivity index (χ1) is 8.90. The monoisotopic (exact) mass is 286 g/mol. The molecule has 1 aliphatic rings. The summed E-state index contributed by atoms with van der Waals surface area (Å²) in [6, 6.07) is 0.652. The highest BCUT2D eigenvalue weighted by Crippen LogP contribution is 2.13. The lowest BCUT2D eigenvalue weighted by molar-refractivity contribution is -0.131. The molecule has 0 spiro atoms. The highest BCUT2D eigenvalue weighted by Gasteiger charge is 2.22. The standard InChI is InChI=1S/C13H26N4OS/c1-15(2)11-4-8-17(9-5-11)10-13(18)16(3)7-6-12(14)19/h11H,4-10H2,1-3H3,(H2,14,19). The minimum atomic E-state index is 0.152. The number of likely N-dealkylation sites (tertiary alicyclic amines) is 1. The van der Waals surface area contributed by atoms with Crippen molar-refractivity contribution in [2.24, 2.45) is 5.73 Å². The normalized spacial score (nSPS) is 17.7. The van der Waals surface area contributed by atoms with Crippen molar-refractivity contribution < 1.29 is 4.79 Å². The predicted molar refractivity (Wildman–Crippen MR) is 82.2 cm³/mol. The summed E-state index contributed by atoms with van der Waals surface area (Å²) in [7, 11) is 6.05. The van der Waals surface area contributed by atoms with E-state index < -0.39 is 0 Å². The molecule has 0 saturated carbocycles. The van der Waals surface area contributed by atoms with Crippen LogP contribution in [0.25, 0.3) is 0 Å². The zero-order chi connectivity index (χ0) is 14.4. The maximum Gasteiger partial charge on any atom is 0.236 e. The van der Waals surface area contributed by atoms with E-state index in [1.165, 1.54) is 0 Å². The van der Waals surface area contributed by atoms with Crippen molar-refractivity contribution in [2.45, 2.75) is 25.3 Å². The van der Waals surface area contributed by atoms with Gasteiger partial charge in [-0.3, -0.25) is 9.69 Å². The summed E-state index contributed by atoms with van der Waals surface area (Å²) in [6.07, 6.45) is 2.87. The van der Waals surface area contributed by atoms with E-state index in [2.05, 4.69) is 23.9 Å². The van der Waals surface area contributed by atoms with Crippen LogP contribution in [0.1, 0.15) is 19.3 Å². The molecule has 5 nitrogen and oxygen atoms in total. The first-order valence-electron chi connectivity index (χ1n) is 6.81. The molecule has 110 valence electrons. The summed E-state index contributed by atoms with van der Waals surface area (Å²) in [5, 5.41) is 0. The number of thiocarbonyl (C=S) groups is 1. The number of carbonyl (C=O) groups excluding carboxylic acids is 1. The summed E-state index contributed by atoms with van der Waals surface area (Å²) in [5.74, 6) is 0.152. The Morgan fingerprint density at radius 3 is 2.37 bits per heavy atom. The summed E-state index contributed by atoms with van der Waals surface area (Å²) >= 11 is 4.82. The number of likely N-dealkylation sites (N-methyl/N-ethyl adjacent to an activating group) is 1. The Bertz CT molecular complexity index is 314. The molecule has 0 bridgehead atoms. The number of rotatable bonds is 6. The second-order valence-corrected chi connectivity index (χ2v) is 6.03. The average molecular weight is 286 g/mol. The van der Waals surface area contributed by atoms with Gasteiger partial charge in [0.1, 0.15) is 0 Å². The van der Waals surface area contributed by atoms with E-state index in [0.717, 1.165) is 25.9 Å². The Kier molecular flexibility index (Phi) is 6.68. The van der Waals surface area contributed by atoms with Gasteiger partial charge >= 0.3 is 0 Å². The molecular weight excluding hydrogens is 260 g/mol. The zero-order valence-corrected chi connectivity index (χ0v) is 13.1. The van der Waals surface area contributed by atoms with Crippen LogP contribution in [0, 0.1) is 0 Å². The molecule has 1 rings (SSSR count). The van der Waals surface area contributed by atoms with Crippen molar-refractivity contribution in [1.82, 2.24) is 14.7 Å². The number of piperidine rings is 1. The molecule has 0 radical (unpaired) electrons. The molecule has 19 heavy (non-hydrogen) atoms. The maximum absolute atomic E-state index is 12.0. The van der Waals surface area contributed by atoms with E-state index in [0.29, 0.717) is 30.5 Å². The van der Waals surface area contributed by atoms with Crippen molar-refractivity contribution >= 4 is 23.1 Å². The third-order valence-corrected chi connectivity index (χ3v) is 3.97. The molecule has 1 amide bonds. The summed E-state index contributed by atoms with van der Waals surface area (Å²) < 4.78 is 0. The van der Waals surface area contributed by atoms with Gasteiger partial charge in [0.2, 0.25) is 5.91 Å². The molecular formula is C13H26N4OS. The van der Waals surface area contributed by atoms with E-state index in [9.17, 15) is 4.79 Å². The minimum absolute atomic E-state index is 0.152. The Morgan fingerprint density at radius 2 is 1.89 bits per heavy atom. The fourth-order valence-electron chi connectivity index (χ4n) is 2.31. The fourth-order valence-corrected chi connectivity index (χ4v) is 2.40. The summed E-state index contributed by atoms with van der Waals surface area (Å²) in [4.78, 5) is 18.7. The van der Waals surface area contributed by atoms with Gasteiger partial charge in [0, 0.05) is 39.1 Å². The maximum atomic E-state index is 12.0. The van der Waals surface area contributed by atoms with Gasteiger partial charge in [-0.2, -0.15) is 0 Å². The molecule has 0 aromatic rings. The summed E-state index contributed by atoms with van der Waals surface area (Å²) in [5.41, 5.74) is 5.45. The van der Waals surface area contributed by atoms with Crippen LogP contribution in [-0.4, -0.2) is 79.0 Å². The largest absolute Gasteiger partial charge is 0.393 e. The van der Waals surface area contributed by atoms with Crippen molar-refractivity contribution in [3.63, 3.8) is 0 Å². The highest BCUT2D eigenvalue weighted by molar-refractivity contribution is 7.80. The van der Waals surface area contributed by atoms with Gasteiger partial charge in [0.25, 0.3) is 0 Å². The Balaban J connectivity index is 2.28. The molecule has 1 fully saturated rings. The first kappa shape index (κ1) is 16.3. The lowest BCUT2D eigenvalue weighted by Crippen LogP contribution is -2.46. The van der Waals surface area contributed by atoms with Crippen molar-refractivity contribution in [2.75, 3.05) is 47.3 Å². The topological polar surface area (TPSA) is 52.8 Å². The molecule has 0 atom stereocenters. The molecule has 0 aliphatic carbocycles. The van der Waals surface area contributed by atoms with E-state index in [-0.39, 0.29) is 5.91 Å².